The quantitative estimate of drug-likeness (QED) is 0.568. The summed E-state index contributed by atoms with van der Waals surface area (Å²) < 4.78 is 6.38. The molecule has 2 rings (SSSR count). The van der Waals surface area contributed by atoms with Crippen LogP contribution in [0.5, 0.6) is 5.75 Å². The number of halogens is 1. The molecule has 126 valence electrons. The predicted octanol–water partition coefficient (Wildman–Crippen LogP) is 3.16. The highest BCUT2D eigenvalue weighted by molar-refractivity contribution is 9.10. The average molecular weight is 409 g/mol. The normalized spacial score (nSPS) is 11.4. The van der Waals surface area contributed by atoms with E-state index in [2.05, 4.69) is 26.8 Å². The zero-order valence-electron chi connectivity index (χ0n) is 13.0. The SMILES string of the molecule is C[C@H](Oc1cccc(Br)c1)C(=O)NNC(=O)CSc1ccccc1. The van der Waals surface area contributed by atoms with Crippen LogP contribution in [-0.2, 0) is 9.59 Å². The fourth-order valence-corrected chi connectivity index (χ4v) is 2.83. The Labute approximate surface area is 153 Å². The van der Waals surface area contributed by atoms with E-state index in [0.717, 1.165) is 9.37 Å². The number of hydrazine groups is 1. The number of amides is 2. The van der Waals surface area contributed by atoms with Crippen molar-refractivity contribution in [3.63, 3.8) is 0 Å². The molecule has 0 aliphatic rings. The van der Waals surface area contributed by atoms with Crippen LogP contribution in [0.4, 0.5) is 0 Å². The minimum atomic E-state index is -0.735. The van der Waals surface area contributed by atoms with Gasteiger partial charge in [-0.25, -0.2) is 0 Å². The standard InChI is InChI=1S/C17H17BrN2O3S/c1-12(23-14-7-5-6-13(18)10-14)17(22)20-19-16(21)11-24-15-8-3-2-4-9-15/h2-10,12H,11H2,1H3,(H,19,21)(H,20,22)/t12-/m0/s1. The lowest BCUT2D eigenvalue weighted by molar-refractivity contribution is -0.131. The van der Waals surface area contributed by atoms with Crippen LogP contribution in [0.2, 0.25) is 0 Å². The molecule has 5 nitrogen and oxygen atoms in total. The molecule has 2 amide bonds. The Kier molecular flexibility index (Phi) is 7.14. The Morgan fingerprint density at radius 1 is 1.12 bits per heavy atom. The van der Waals surface area contributed by atoms with Gasteiger partial charge < -0.3 is 4.74 Å². The number of thioether (sulfide) groups is 1. The monoisotopic (exact) mass is 408 g/mol. The van der Waals surface area contributed by atoms with Crippen molar-refractivity contribution in [2.75, 3.05) is 5.75 Å². The second-order valence-electron chi connectivity index (χ2n) is 4.86. The zero-order chi connectivity index (χ0) is 17.4. The van der Waals surface area contributed by atoms with E-state index in [-0.39, 0.29) is 11.7 Å². The molecule has 0 heterocycles. The highest BCUT2D eigenvalue weighted by Crippen LogP contribution is 2.19. The number of carbonyl (C=O) groups is 2. The largest absolute Gasteiger partial charge is 0.481 e. The second-order valence-corrected chi connectivity index (χ2v) is 6.82. The van der Waals surface area contributed by atoms with Gasteiger partial charge in [0.05, 0.1) is 5.75 Å². The van der Waals surface area contributed by atoms with Gasteiger partial charge >= 0.3 is 0 Å². The van der Waals surface area contributed by atoms with E-state index in [9.17, 15) is 9.59 Å². The van der Waals surface area contributed by atoms with Crippen LogP contribution in [0.25, 0.3) is 0 Å². The average Bonchev–Trinajstić information content (AvgIpc) is 2.58. The van der Waals surface area contributed by atoms with Gasteiger partial charge in [-0.3, -0.25) is 20.4 Å². The Morgan fingerprint density at radius 2 is 1.88 bits per heavy atom. The van der Waals surface area contributed by atoms with Crippen LogP contribution in [0.1, 0.15) is 6.92 Å². The molecule has 0 radical (unpaired) electrons. The molecule has 0 bridgehead atoms. The van der Waals surface area contributed by atoms with Gasteiger partial charge in [0, 0.05) is 9.37 Å². The molecule has 0 fully saturated rings. The molecule has 0 aromatic heterocycles. The van der Waals surface area contributed by atoms with Crippen molar-refractivity contribution in [3.8, 4) is 5.75 Å². The van der Waals surface area contributed by atoms with Crippen molar-refractivity contribution in [2.45, 2.75) is 17.9 Å². The molecule has 0 spiro atoms. The molecule has 2 aromatic carbocycles. The number of hydrogen-bond acceptors (Lipinski definition) is 4. The van der Waals surface area contributed by atoms with Gasteiger partial charge in [-0.1, -0.05) is 40.2 Å². The van der Waals surface area contributed by atoms with Crippen LogP contribution in [0.3, 0.4) is 0 Å². The highest BCUT2D eigenvalue weighted by Gasteiger charge is 2.15. The summed E-state index contributed by atoms with van der Waals surface area (Å²) in [6.45, 7) is 1.61. The smallest absolute Gasteiger partial charge is 0.279 e. The maximum atomic E-state index is 11.9. The summed E-state index contributed by atoms with van der Waals surface area (Å²) in [5, 5.41) is 0. The minimum absolute atomic E-state index is 0.213. The molecular formula is C17H17BrN2O3S. The number of nitrogens with one attached hydrogen (secondary N) is 2. The zero-order valence-corrected chi connectivity index (χ0v) is 15.4. The van der Waals surface area contributed by atoms with Gasteiger partial charge in [-0.05, 0) is 37.3 Å². The molecule has 0 aliphatic carbocycles. The van der Waals surface area contributed by atoms with Gasteiger partial charge in [0.15, 0.2) is 6.10 Å². The molecule has 7 heteroatoms. The van der Waals surface area contributed by atoms with Crippen molar-refractivity contribution in [1.29, 1.82) is 0 Å². The van der Waals surface area contributed by atoms with E-state index in [1.165, 1.54) is 11.8 Å². The minimum Gasteiger partial charge on any atom is -0.481 e. The van der Waals surface area contributed by atoms with Gasteiger partial charge in [0.2, 0.25) is 5.91 Å². The number of rotatable bonds is 6. The summed E-state index contributed by atoms with van der Waals surface area (Å²) in [4.78, 5) is 24.7. The first-order valence-corrected chi connectivity index (χ1v) is 9.01. The van der Waals surface area contributed by atoms with Crippen molar-refractivity contribution in [1.82, 2.24) is 10.9 Å². The Hall–Kier alpha value is -1.99. The lowest BCUT2D eigenvalue weighted by Gasteiger charge is -2.15. The molecule has 0 aliphatic heterocycles. The fraction of sp³-hybridized carbons (Fsp3) is 0.176. The van der Waals surface area contributed by atoms with Crippen molar-refractivity contribution in [2.24, 2.45) is 0 Å². The summed E-state index contributed by atoms with van der Waals surface area (Å²) >= 11 is 4.73. The summed E-state index contributed by atoms with van der Waals surface area (Å²) in [5.74, 6) is 0.0726. The van der Waals surface area contributed by atoms with Crippen molar-refractivity contribution in [3.05, 3.63) is 59.1 Å². The number of hydrogen-bond donors (Lipinski definition) is 2. The molecule has 24 heavy (non-hydrogen) atoms. The molecule has 0 unspecified atom stereocenters. The van der Waals surface area contributed by atoms with E-state index in [0.29, 0.717) is 5.75 Å². The van der Waals surface area contributed by atoms with E-state index >= 15 is 0 Å². The maximum absolute atomic E-state index is 11.9. The third-order valence-corrected chi connectivity index (χ3v) is 4.42. The van der Waals surface area contributed by atoms with Crippen LogP contribution >= 0.6 is 27.7 Å². The lowest BCUT2D eigenvalue weighted by atomic mass is 10.3. The summed E-state index contributed by atoms with van der Waals surface area (Å²) in [5.41, 5.74) is 4.75. The van der Waals surface area contributed by atoms with Gasteiger partial charge in [0.1, 0.15) is 5.75 Å². The van der Waals surface area contributed by atoms with Gasteiger partial charge in [-0.15, -0.1) is 11.8 Å². The summed E-state index contributed by atoms with van der Waals surface area (Å²) in [6.07, 6.45) is -0.735. The first kappa shape index (κ1) is 18.4. The van der Waals surface area contributed by atoms with E-state index in [1.807, 2.05) is 42.5 Å². The number of carbonyl (C=O) groups excluding carboxylic acids is 2. The molecule has 0 saturated heterocycles. The first-order chi connectivity index (χ1) is 11.5. The second kappa shape index (κ2) is 9.34. The van der Waals surface area contributed by atoms with E-state index in [4.69, 9.17) is 4.74 Å². The topological polar surface area (TPSA) is 67.4 Å². The summed E-state index contributed by atoms with van der Waals surface area (Å²) in [7, 11) is 0. The molecule has 0 saturated carbocycles. The number of benzene rings is 2. The van der Waals surface area contributed by atoms with E-state index < -0.39 is 12.0 Å². The maximum Gasteiger partial charge on any atom is 0.279 e. The molecular weight excluding hydrogens is 392 g/mol. The van der Waals surface area contributed by atoms with Crippen LogP contribution in [-0.4, -0.2) is 23.7 Å². The summed E-state index contributed by atoms with van der Waals surface area (Å²) in [6, 6.07) is 16.8. The Balaban J connectivity index is 1.72. The number of ether oxygens (including phenoxy) is 1. The van der Waals surface area contributed by atoms with Gasteiger partial charge in [0.25, 0.3) is 5.91 Å². The Morgan fingerprint density at radius 3 is 2.58 bits per heavy atom. The van der Waals surface area contributed by atoms with Crippen molar-refractivity contribution >= 4 is 39.5 Å². The molecule has 2 N–H and O–H groups in total. The van der Waals surface area contributed by atoms with Crippen LogP contribution in [0, 0.1) is 0 Å². The van der Waals surface area contributed by atoms with Crippen LogP contribution in [0.15, 0.2) is 64.0 Å². The van der Waals surface area contributed by atoms with Crippen LogP contribution < -0.4 is 15.6 Å². The Bertz CT molecular complexity index is 697. The predicted molar refractivity (Wildman–Crippen MR) is 97.7 cm³/mol. The van der Waals surface area contributed by atoms with Gasteiger partial charge in [-0.2, -0.15) is 0 Å². The fourth-order valence-electron chi connectivity index (χ4n) is 1.73. The first-order valence-electron chi connectivity index (χ1n) is 7.23. The molecule has 1 atom stereocenters. The third-order valence-electron chi connectivity index (χ3n) is 2.92. The third kappa shape index (κ3) is 6.25. The molecule has 2 aromatic rings. The van der Waals surface area contributed by atoms with Crippen molar-refractivity contribution < 1.29 is 14.3 Å². The van der Waals surface area contributed by atoms with E-state index in [1.54, 1.807) is 19.1 Å². The lowest BCUT2D eigenvalue weighted by Crippen LogP contribution is -2.47. The highest BCUT2D eigenvalue weighted by atomic mass is 79.9.